The van der Waals surface area contributed by atoms with Gasteiger partial charge in [0.15, 0.2) is 5.82 Å². The summed E-state index contributed by atoms with van der Waals surface area (Å²) in [5.41, 5.74) is 2.45. The molecule has 1 aromatic carbocycles. The molecule has 3 aliphatic heterocycles. The van der Waals surface area contributed by atoms with Gasteiger partial charge in [-0.25, -0.2) is 0 Å². The fourth-order valence-corrected chi connectivity index (χ4v) is 5.11. The van der Waals surface area contributed by atoms with Gasteiger partial charge in [-0.2, -0.15) is 0 Å². The first-order valence-electron chi connectivity index (χ1n) is 9.25. The second kappa shape index (κ2) is 6.27. The van der Waals surface area contributed by atoms with E-state index in [4.69, 9.17) is 4.74 Å². The molecule has 0 aliphatic carbocycles. The highest BCUT2D eigenvalue weighted by Gasteiger charge is 2.43. The van der Waals surface area contributed by atoms with Gasteiger partial charge in [0.05, 0.1) is 12.6 Å². The number of benzene rings is 1. The van der Waals surface area contributed by atoms with Crippen LogP contribution in [0.15, 0.2) is 41.4 Å². The summed E-state index contributed by atoms with van der Waals surface area (Å²) in [6.45, 7) is 4.91. The topological polar surface area (TPSA) is 50.6 Å². The van der Waals surface area contributed by atoms with Crippen LogP contribution in [0.2, 0.25) is 0 Å². The molecule has 3 aliphatic rings. The third-order valence-corrected chi connectivity index (χ3v) is 6.91. The molecule has 1 aromatic heterocycles. The molecule has 1 atom stereocenters. The van der Waals surface area contributed by atoms with Crippen molar-refractivity contribution in [1.29, 1.82) is 0 Å². The Kier molecular flexibility index (Phi) is 3.89. The van der Waals surface area contributed by atoms with E-state index in [1.807, 2.05) is 0 Å². The zero-order valence-corrected chi connectivity index (χ0v) is 15.7. The van der Waals surface area contributed by atoms with Crippen molar-refractivity contribution in [1.82, 2.24) is 10.2 Å². The lowest BCUT2D eigenvalue weighted by Gasteiger charge is -2.38. The molecule has 5 rings (SSSR count). The SMILES string of the molecule is CC1CSC(c2ccc(N3CCC4(CC3)COc3ccccc34)nn2)=N1. The quantitative estimate of drug-likeness (QED) is 0.816. The normalized spacial score (nSPS) is 23.7. The van der Waals surface area contributed by atoms with Crippen LogP contribution in [0.25, 0.3) is 0 Å². The molecule has 6 heteroatoms. The van der Waals surface area contributed by atoms with E-state index in [0.717, 1.165) is 60.6 Å². The number of rotatable bonds is 2. The van der Waals surface area contributed by atoms with Gasteiger partial charge in [-0.15, -0.1) is 22.0 Å². The van der Waals surface area contributed by atoms with E-state index in [-0.39, 0.29) is 5.41 Å². The molecule has 4 heterocycles. The Hall–Kier alpha value is -2.08. The number of anilines is 1. The van der Waals surface area contributed by atoms with Gasteiger partial charge < -0.3 is 9.64 Å². The van der Waals surface area contributed by atoms with Crippen molar-refractivity contribution in [3.05, 3.63) is 47.7 Å². The predicted molar refractivity (Wildman–Crippen MR) is 106 cm³/mol. The lowest BCUT2D eigenvalue weighted by atomic mass is 9.74. The van der Waals surface area contributed by atoms with E-state index >= 15 is 0 Å². The number of para-hydroxylation sites is 1. The molecule has 26 heavy (non-hydrogen) atoms. The van der Waals surface area contributed by atoms with Gasteiger partial charge in [-0.1, -0.05) is 18.2 Å². The van der Waals surface area contributed by atoms with Gasteiger partial charge in [-0.3, -0.25) is 4.99 Å². The van der Waals surface area contributed by atoms with Crippen LogP contribution in [-0.2, 0) is 5.41 Å². The average molecular weight is 366 g/mol. The van der Waals surface area contributed by atoms with Gasteiger partial charge in [0.25, 0.3) is 0 Å². The van der Waals surface area contributed by atoms with Crippen LogP contribution in [-0.4, -0.2) is 46.7 Å². The van der Waals surface area contributed by atoms with Crippen molar-refractivity contribution in [2.45, 2.75) is 31.2 Å². The van der Waals surface area contributed by atoms with E-state index < -0.39 is 0 Å². The molecule has 1 spiro atoms. The lowest BCUT2D eigenvalue weighted by Crippen LogP contribution is -2.44. The van der Waals surface area contributed by atoms with E-state index in [2.05, 4.69) is 63.4 Å². The number of aliphatic imine (C=N–C) groups is 1. The summed E-state index contributed by atoms with van der Waals surface area (Å²) in [6, 6.07) is 13.0. The second-order valence-corrected chi connectivity index (χ2v) is 8.43. The number of aromatic nitrogens is 2. The molecule has 0 bridgehead atoms. The predicted octanol–water partition coefficient (Wildman–Crippen LogP) is 3.29. The summed E-state index contributed by atoms with van der Waals surface area (Å²) in [6.07, 6.45) is 2.18. The summed E-state index contributed by atoms with van der Waals surface area (Å²) in [4.78, 5) is 6.96. The highest BCUT2D eigenvalue weighted by atomic mass is 32.2. The van der Waals surface area contributed by atoms with Crippen molar-refractivity contribution in [3.63, 3.8) is 0 Å². The molecular weight excluding hydrogens is 344 g/mol. The first-order valence-corrected chi connectivity index (χ1v) is 10.2. The number of hydrogen-bond donors (Lipinski definition) is 0. The molecule has 0 amide bonds. The van der Waals surface area contributed by atoms with Gasteiger partial charge >= 0.3 is 0 Å². The van der Waals surface area contributed by atoms with Crippen molar-refractivity contribution in [2.24, 2.45) is 4.99 Å². The molecule has 1 saturated heterocycles. The van der Waals surface area contributed by atoms with Gasteiger partial charge in [-0.05, 0) is 38.0 Å². The smallest absolute Gasteiger partial charge is 0.151 e. The fourth-order valence-electron chi connectivity index (χ4n) is 4.12. The number of nitrogens with zero attached hydrogens (tertiary/aromatic N) is 4. The van der Waals surface area contributed by atoms with Crippen LogP contribution in [0.3, 0.4) is 0 Å². The van der Waals surface area contributed by atoms with Crippen LogP contribution in [0.5, 0.6) is 5.75 Å². The Morgan fingerprint density at radius 1 is 1.12 bits per heavy atom. The maximum Gasteiger partial charge on any atom is 0.151 e. The Morgan fingerprint density at radius 3 is 2.69 bits per heavy atom. The first kappa shape index (κ1) is 16.1. The molecule has 0 saturated carbocycles. The second-order valence-electron chi connectivity index (χ2n) is 7.42. The Bertz CT molecular complexity index is 843. The first-order chi connectivity index (χ1) is 12.7. The average Bonchev–Trinajstić information content (AvgIpc) is 3.28. The fraction of sp³-hybridized carbons (Fsp3) is 0.450. The number of piperidine rings is 1. The third kappa shape index (κ3) is 2.67. The maximum absolute atomic E-state index is 5.95. The van der Waals surface area contributed by atoms with E-state index in [0.29, 0.717) is 6.04 Å². The Morgan fingerprint density at radius 2 is 1.96 bits per heavy atom. The van der Waals surface area contributed by atoms with Crippen LogP contribution in [0.1, 0.15) is 31.0 Å². The van der Waals surface area contributed by atoms with Gasteiger partial charge in [0, 0.05) is 29.8 Å². The lowest BCUT2D eigenvalue weighted by molar-refractivity contribution is 0.230. The van der Waals surface area contributed by atoms with E-state index in [1.54, 1.807) is 11.8 Å². The monoisotopic (exact) mass is 366 g/mol. The number of thioether (sulfide) groups is 1. The zero-order chi connectivity index (χ0) is 17.6. The van der Waals surface area contributed by atoms with Crippen molar-refractivity contribution >= 4 is 22.6 Å². The maximum atomic E-state index is 5.95. The van der Waals surface area contributed by atoms with Crippen molar-refractivity contribution in [3.8, 4) is 5.75 Å². The summed E-state index contributed by atoms with van der Waals surface area (Å²) in [5.74, 6) is 3.07. The minimum atomic E-state index is 0.172. The highest BCUT2D eigenvalue weighted by molar-refractivity contribution is 8.14. The van der Waals surface area contributed by atoms with E-state index in [9.17, 15) is 0 Å². The van der Waals surface area contributed by atoms with Gasteiger partial charge in [0.1, 0.15) is 16.5 Å². The van der Waals surface area contributed by atoms with Crippen LogP contribution < -0.4 is 9.64 Å². The Balaban J connectivity index is 1.30. The van der Waals surface area contributed by atoms with Crippen LogP contribution in [0.4, 0.5) is 5.82 Å². The summed E-state index contributed by atoms with van der Waals surface area (Å²) in [7, 11) is 0. The molecule has 1 unspecified atom stereocenters. The number of ether oxygens (including phenoxy) is 1. The summed E-state index contributed by atoms with van der Waals surface area (Å²) in [5, 5.41) is 9.93. The molecule has 0 N–H and O–H groups in total. The molecule has 134 valence electrons. The van der Waals surface area contributed by atoms with Crippen molar-refractivity contribution < 1.29 is 4.74 Å². The molecular formula is C20H22N4OS. The van der Waals surface area contributed by atoms with Gasteiger partial charge in [0.2, 0.25) is 0 Å². The zero-order valence-electron chi connectivity index (χ0n) is 14.9. The highest BCUT2D eigenvalue weighted by Crippen LogP contribution is 2.45. The number of hydrogen-bond acceptors (Lipinski definition) is 6. The summed E-state index contributed by atoms with van der Waals surface area (Å²) < 4.78 is 5.95. The molecule has 1 fully saturated rings. The minimum absolute atomic E-state index is 0.172. The largest absolute Gasteiger partial charge is 0.492 e. The van der Waals surface area contributed by atoms with Crippen LogP contribution in [0, 0.1) is 0 Å². The summed E-state index contributed by atoms with van der Waals surface area (Å²) >= 11 is 1.77. The van der Waals surface area contributed by atoms with Crippen LogP contribution >= 0.6 is 11.8 Å². The van der Waals surface area contributed by atoms with E-state index in [1.165, 1.54) is 5.56 Å². The third-order valence-electron chi connectivity index (χ3n) is 5.68. The minimum Gasteiger partial charge on any atom is -0.492 e. The molecule has 5 nitrogen and oxygen atoms in total. The number of fused-ring (bicyclic) bond motifs is 2. The molecule has 2 aromatic rings. The molecule has 0 radical (unpaired) electrons. The van der Waals surface area contributed by atoms with Crippen molar-refractivity contribution in [2.75, 3.05) is 30.3 Å². The standard InChI is InChI=1S/C20H22N4OS/c1-14-12-26-19(21-14)16-6-7-18(23-22-16)24-10-8-20(9-11-24)13-25-17-5-3-2-4-15(17)20/h2-7,14H,8-13H2,1H3. The Labute approximate surface area is 157 Å².